The van der Waals surface area contributed by atoms with E-state index in [1.807, 2.05) is 50.2 Å². The highest BCUT2D eigenvalue weighted by atomic mass is 32.2. The van der Waals surface area contributed by atoms with Crippen LogP contribution in [-0.4, -0.2) is 53.2 Å². The molecule has 0 N–H and O–H groups in total. The van der Waals surface area contributed by atoms with Crippen LogP contribution in [0.1, 0.15) is 38.3 Å². The second-order valence-corrected chi connectivity index (χ2v) is 10.5. The van der Waals surface area contributed by atoms with Crippen molar-refractivity contribution in [3.05, 3.63) is 65.7 Å². The number of aryl methyl sites for hydroxylation is 1. The van der Waals surface area contributed by atoms with Crippen molar-refractivity contribution in [3.63, 3.8) is 0 Å². The van der Waals surface area contributed by atoms with E-state index in [1.165, 1.54) is 0 Å². The molecule has 0 radical (unpaired) electrons. The van der Waals surface area contributed by atoms with Crippen LogP contribution >= 0.6 is 0 Å². The minimum Gasteiger partial charge on any atom is -0.497 e. The molecule has 0 fully saturated rings. The maximum atomic E-state index is 13.5. The summed E-state index contributed by atoms with van der Waals surface area (Å²) in [5.41, 5.74) is 2.84. The highest BCUT2D eigenvalue weighted by Gasteiger charge is 2.24. The van der Waals surface area contributed by atoms with Crippen LogP contribution in [0.25, 0.3) is 0 Å². The zero-order valence-corrected chi connectivity index (χ0v) is 22.1. The van der Waals surface area contributed by atoms with Gasteiger partial charge in [0, 0.05) is 31.3 Å². The predicted octanol–water partition coefficient (Wildman–Crippen LogP) is 4.99. The first-order valence-electron chi connectivity index (χ1n) is 11.5. The monoisotopic (exact) mass is 486 g/mol. The fourth-order valence-electron chi connectivity index (χ4n) is 3.42. The summed E-state index contributed by atoms with van der Waals surface area (Å²) in [4.78, 5) is 15.9. The largest absolute Gasteiger partial charge is 0.497 e. The molecule has 0 aliphatic rings. The fraction of sp³-hybridized carbons (Fsp3) is 0.444. The van der Waals surface area contributed by atoms with E-state index in [9.17, 15) is 9.00 Å². The van der Waals surface area contributed by atoms with Gasteiger partial charge in [-0.05, 0) is 50.5 Å². The number of benzene rings is 2. The van der Waals surface area contributed by atoms with Crippen LogP contribution in [-0.2, 0) is 22.3 Å². The van der Waals surface area contributed by atoms with Gasteiger partial charge in [-0.2, -0.15) is 0 Å². The Hall–Kier alpha value is -2.64. The Labute approximate surface area is 207 Å². The van der Waals surface area contributed by atoms with Gasteiger partial charge in [0.05, 0.1) is 25.7 Å². The molecule has 186 valence electrons. The molecule has 0 aliphatic carbocycles. The molecule has 34 heavy (non-hydrogen) atoms. The van der Waals surface area contributed by atoms with Crippen LogP contribution in [0.3, 0.4) is 0 Å². The summed E-state index contributed by atoms with van der Waals surface area (Å²) in [6, 6.07) is 13.2. The van der Waals surface area contributed by atoms with Crippen LogP contribution in [0.5, 0.6) is 11.5 Å². The average molecular weight is 487 g/mol. The molecule has 0 saturated heterocycles. The summed E-state index contributed by atoms with van der Waals surface area (Å²) in [6.07, 6.45) is 0.845. The molecule has 0 heterocycles. The van der Waals surface area contributed by atoms with Crippen molar-refractivity contribution in [1.29, 1.82) is 0 Å². The number of ether oxygens (including phenoxy) is 2. The van der Waals surface area contributed by atoms with E-state index in [0.717, 1.165) is 23.1 Å². The van der Waals surface area contributed by atoms with E-state index in [4.69, 9.17) is 9.47 Å². The second-order valence-electron chi connectivity index (χ2n) is 8.99. The zero-order chi connectivity index (χ0) is 25.3. The summed E-state index contributed by atoms with van der Waals surface area (Å²) >= 11 is 0. The normalized spacial score (nSPS) is 12.0. The number of hydrogen-bond acceptors (Lipinski definition) is 4. The molecule has 0 spiro atoms. The topological polar surface area (TPSA) is 59.1 Å². The van der Waals surface area contributed by atoms with Crippen molar-refractivity contribution in [2.75, 3.05) is 33.9 Å². The zero-order valence-electron chi connectivity index (χ0n) is 21.3. The second kappa shape index (κ2) is 13.3. The first-order valence-corrected chi connectivity index (χ1v) is 12.6. The lowest BCUT2D eigenvalue weighted by atomic mass is 10.1. The Morgan fingerprint density at radius 3 is 2.29 bits per heavy atom. The summed E-state index contributed by atoms with van der Waals surface area (Å²) in [6.45, 7) is 13.5. The van der Waals surface area contributed by atoms with Crippen molar-refractivity contribution in [2.45, 2.75) is 45.6 Å². The number of carbonyl (C=O) groups is 1. The van der Waals surface area contributed by atoms with Crippen LogP contribution in [0.4, 0.5) is 0 Å². The Morgan fingerprint density at radius 2 is 1.74 bits per heavy atom. The summed E-state index contributed by atoms with van der Waals surface area (Å²) < 4.78 is 26.0. The van der Waals surface area contributed by atoms with Gasteiger partial charge >= 0.3 is 0 Å². The average Bonchev–Trinajstić information content (AvgIpc) is 2.80. The molecular weight excluding hydrogens is 448 g/mol. The SMILES string of the molecule is C=C(C)CN(Cc1ccc(OC)cc1OC)C(=O)CN(CCC(C)C)S(=O)c1ccc(C)cc1. The molecule has 0 bridgehead atoms. The minimum atomic E-state index is -1.43. The van der Waals surface area contributed by atoms with Gasteiger partial charge in [-0.15, -0.1) is 0 Å². The maximum absolute atomic E-state index is 13.5. The van der Waals surface area contributed by atoms with Gasteiger partial charge in [0.2, 0.25) is 5.91 Å². The Bertz CT molecular complexity index is 989. The number of hydrogen-bond donors (Lipinski definition) is 0. The van der Waals surface area contributed by atoms with E-state index < -0.39 is 11.0 Å². The number of carbonyl (C=O) groups excluding carboxylic acids is 1. The van der Waals surface area contributed by atoms with Crippen LogP contribution in [0.2, 0.25) is 0 Å². The summed E-state index contributed by atoms with van der Waals surface area (Å²) in [7, 11) is 1.77. The van der Waals surface area contributed by atoms with Gasteiger partial charge in [-0.1, -0.05) is 43.7 Å². The van der Waals surface area contributed by atoms with E-state index in [1.54, 1.807) is 29.5 Å². The third kappa shape index (κ3) is 8.29. The molecular formula is C27H38N2O4S. The molecule has 0 aliphatic heterocycles. The van der Waals surface area contributed by atoms with Crippen molar-refractivity contribution in [1.82, 2.24) is 9.21 Å². The van der Waals surface area contributed by atoms with Crippen molar-refractivity contribution in [2.24, 2.45) is 5.92 Å². The first kappa shape index (κ1) is 27.6. The van der Waals surface area contributed by atoms with E-state index in [-0.39, 0.29) is 12.5 Å². The fourth-order valence-corrected chi connectivity index (χ4v) is 4.59. The van der Waals surface area contributed by atoms with Gasteiger partial charge in [0.15, 0.2) is 0 Å². The van der Waals surface area contributed by atoms with E-state index >= 15 is 0 Å². The number of nitrogens with zero attached hydrogens (tertiary/aromatic N) is 2. The van der Waals surface area contributed by atoms with Crippen molar-refractivity contribution >= 4 is 16.9 Å². The molecule has 0 aromatic heterocycles. The standard InChI is InChI=1S/C27H38N2O4S/c1-20(2)14-15-29(34(31)25-12-8-22(5)9-13-25)19-27(30)28(17-21(3)4)18-23-10-11-24(32-6)16-26(23)33-7/h8-13,16,20H,3,14-15,17-19H2,1-2,4-7H3. The Morgan fingerprint density at radius 1 is 1.06 bits per heavy atom. The van der Waals surface area contributed by atoms with Gasteiger partial charge in [-0.25, -0.2) is 8.51 Å². The molecule has 6 nitrogen and oxygen atoms in total. The van der Waals surface area contributed by atoms with Crippen LogP contribution in [0.15, 0.2) is 59.5 Å². The lowest BCUT2D eigenvalue weighted by Gasteiger charge is -2.28. The predicted molar refractivity (Wildman–Crippen MR) is 138 cm³/mol. The summed E-state index contributed by atoms with van der Waals surface area (Å²) in [5.74, 6) is 1.67. The molecule has 2 rings (SSSR count). The maximum Gasteiger partial charge on any atom is 0.238 e. The third-order valence-electron chi connectivity index (χ3n) is 5.39. The molecule has 2 aromatic rings. The van der Waals surface area contributed by atoms with E-state index in [2.05, 4.69) is 20.4 Å². The molecule has 2 aromatic carbocycles. The lowest BCUT2D eigenvalue weighted by molar-refractivity contribution is -0.131. The Kier molecular flexibility index (Phi) is 10.8. The summed E-state index contributed by atoms with van der Waals surface area (Å²) in [5, 5.41) is 0. The first-order chi connectivity index (χ1) is 16.1. The molecule has 1 unspecified atom stereocenters. The minimum absolute atomic E-state index is 0.0545. The molecule has 1 amide bonds. The lowest BCUT2D eigenvalue weighted by Crippen LogP contribution is -2.42. The van der Waals surface area contributed by atoms with Crippen molar-refractivity contribution in [3.8, 4) is 11.5 Å². The third-order valence-corrected chi connectivity index (χ3v) is 6.85. The highest BCUT2D eigenvalue weighted by Crippen LogP contribution is 2.26. The van der Waals surface area contributed by atoms with Gasteiger partial charge in [0.1, 0.15) is 22.5 Å². The molecule has 0 saturated carbocycles. The van der Waals surface area contributed by atoms with Crippen molar-refractivity contribution < 1.29 is 18.5 Å². The number of amides is 1. The van der Waals surface area contributed by atoms with Crippen LogP contribution in [0, 0.1) is 12.8 Å². The molecule has 1 atom stereocenters. The highest BCUT2D eigenvalue weighted by molar-refractivity contribution is 7.82. The molecule has 7 heteroatoms. The smallest absolute Gasteiger partial charge is 0.238 e. The van der Waals surface area contributed by atoms with Gasteiger partial charge in [-0.3, -0.25) is 4.79 Å². The van der Waals surface area contributed by atoms with Gasteiger partial charge < -0.3 is 14.4 Å². The number of rotatable bonds is 13. The van der Waals surface area contributed by atoms with Gasteiger partial charge in [0.25, 0.3) is 0 Å². The van der Waals surface area contributed by atoms with Crippen LogP contribution < -0.4 is 9.47 Å². The number of methoxy groups -OCH3 is 2. The van der Waals surface area contributed by atoms with E-state index in [0.29, 0.717) is 41.9 Å². The Balaban J connectivity index is 2.27. The quantitative estimate of drug-likeness (QED) is 0.374.